The fraction of sp³-hybridized carbons (Fsp3) is 0.182. The number of rotatable bonds is 6. The second-order valence-corrected chi connectivity index (χ2v) is 10.8. The summed E-state index contributed by atoms with van der Waals surface area (Å²) in [6.07, 6.45) is 3.84. The molecule has 0 unspecified atom stereocenters. The Bertz CT molecular complexity index is 2040. The Morgan fingerprint density at radius 2 is 1.77 bits per heavy atom. The molecule has 6 rings (SSSR count). The number of aromatic nitrogens is 2. The van der Waals surface area contributed by atoms with Crippen molar-refractivity contribution in [2.45, 2.75) is 33.4 Å². The summed E-state index contributed by atoms with van der Waals surface area (Å²) < 4.78 is 9.90. The summed E-state index contributed by atoms with van der Waals surface area (Å²) in [6.45, 7) is 10.5. The van der Waals surface area contributed by atoms with Gasteiger partial charge < -0.3 is 9.30 Å². The number of para-hydroxylation sites is 1. The van der Waals surface area contributed by atoms with Crippen LogP contribution in [0.5, 0.6) is 0 Å². The van der Waals surface area contributed by atoms with Crippen LogP contribution in [0.3, 0.4) is 0 Å². The Labute approximate surface area is 235 Å². The summed E-state index contributed by atoms with van der Waals surface area (Å²) >= 11 is 1.34. The Hall–Kier alpha value is -4.49. The van der Waals surface area contributed by atoms with Crippen LogP contribution in [0, 0.1) is 6.92 Å². The van der Waals surface area contributed by atoms with Crippen molar-refractivity contribution in [2.75, 3.05) is 6.61 Å². The van der Waals surface area contributed by atoms with E-state index >= 15 is 0 Å². The predicted octanol–water partition coefficient (Wildman–Crippen LogP) is 5.40. The van der Waals surface area contributed by atoms with Crippen LogP contribution >= 0.6 is 11.3 Å². The zero-order valence-corrected chi connectivity index (χ0v) is 23.5. The van der Waals surface area contributed by atoms with Gasteiger partial charge in [0.2, 0.25) is 0 Å². The summed E-state index contributed by atoms with van der Waals surface area (Å²) in [5.74, 6) is -0.459. The fourth-order valence-electron chi connectivity index (χ4n) is 5.71. The van der Waals surface area contributed by atoms with Crippen molar-refractivity contribution >= 4 is 45.1 Å². The first-order chi connectivity index (χ1) is 19.4. The Morgan fingerprint density at radius 3 is 2.55 bits per heavy atom. The number of benzene rings is 3. The van der Waals surface area contributed by atoms with E-state index in [-0.39, 0.29) is 12.2 Å². The molecule has 2 aromatic heterocycles. The third kappa shape index (κ3) is 4.05. The molecule has 0 amide bonds. The Balaban J connectivity index is 1.64. The zero-order chi connectivity index (χ0) is 28.0. The summed E-state index contributed by atoms with van der Waals surface area (Å²) in [7, 11) is 0. The number of allylic oxidation sites excluding steroid dienone is 2. The van der Waals surface area contributed by atoms with Crippen molar-refractivity contribution in [3.8, 4) is 0 Å². The molecule has 7 heteroatoms. The Kier molecular flexibility index (Phi) is 6.60. The molecule has 6 nitrogen and oxygen atoms in total. The van der Waals surface area contributed by atoms with Gasteiger partial charge in [-0.2, -0.15) is 0 Å². The largest absolute Gasteiger partial charge is 0.463 e. The highest BCUT2D eigenvalue weighted by atomic mass is 32.1. The van der Waals surface area contributed by atoms with Crippen molar-refractivity contribution in [2.24, 2.45) is 4.99 Å². The normalized spacial score (nSPS) is 15.4. The van der Waals surface area contributed by atoms with Crippen LogP contribution in [0.2, 0.25) is 0 Å². The zero-order valence-electron chi connectivity index (χ0n) is 22.7. The van der Waals surface area contributed by atoms with E-state index < -0.39 is 12.0 Å². The van der Waals surface area contributed by atoms with Gasteiger partial charge in [0.15, 0.2) is 4.80 Å². The average molecular weight is 548 g/mol. The molecule has 0 saturated heterocycles. The van der Waals surface area contributed by atoms with Gasteiger partial charge in [-0.25, -0.2) is 9.79 Å². The second-order valence-electron chi connectivity index (χ2n) is 9.79. The average Bonchev–Trinajstić information content (AvgIpc) is 3.41. The van der Waals surface area contributed by atoms with Crippen molar-refractivity contribution in [1.29, 1.82) is 0 Å². The van der Waals surface area contributed by atoms with E-state index in [1.54, 1.807) is 11.5 Å². The minimum atomic E-state index is -0.660. The smallest absolute Gasteiger partial charge is 0.338 e. The highest BCUT2D eigenvalue weighted by Gasteiger charge is 2.34. The van der Waals surface area contributed by atoms with Gasteiger partial charge in [0, 0.05) is 28.7 Å². The van der Waals surface area contributed by atoms with Gasteiger partial charge in [0.25, 0.3) is 5.56 Å². The molecule has 0 saturated carbocycles. The summed E-state index contributed by atoms with van der Waals surface area (Å²) in [5, 5.41) is 3.08. The van der Waals surface area contributed by atoms with Crippen LogP contribution < -0.4 is 14.9 Å². The van der Waals surface area contributed by atoms with Gasteiger partial charge in [-0.3, -0.25) is 9.36 Å². The summed E-state index contributed by atoms with van der Waals surface area (Å²) in [5.41, 5.74) is 4.76. The molecule has 40 heavy (non-hydrogen) atoms. The number of esters is 1. The first kappa shape index (κ1) is 25.8. The minimum Gasteiger partial charge on any atom is -0.463 e. The van der Waals surface area contributed by atoms with Crippen LogP contribution in [0.25, 0.3) is 27.8 Å². The van der Waals surface area contributed by atoms with Crippen LogP contribution in [0.1, 0.15) is 36.7 Å². The molecule has 0 spiro atoms. The molecular formula is C33H29N3O3S. The second kappa shape index (κ2) is 10.2. The van der Waals surface area contributed by atoms with E-state index in [1.165, 1.54) is 11.3 Å². The van der Waals surface area contributed by atoms with E-state index in [9.17, 15) is 9.59 Å². The monoisotopic (exact) mass is 547 g/mol. The highest BCUT2D eigenvalue weighted by Crippen LogP contribution is 2.35. The molecule has 200 valence electrons. The van der Waals surface area contributed by atoms with Crippen LogP contribution in [-0.4, -0.2) is 21.7 Å². The first-order valence-electron chi connectivity index (χ1n) is 13.3. The van der Waals surface area contributed by atoms with Crippen molar-refractivity contribution in [3.05, 3.63) is 127 Å². The van der Waals surface area contributed by atoms with Gasteiger partial charge in [-0.05, 0) is 49.2 Å². The van der Waals surface area contributed by atoms with Crippen molar-refractivity contribution < 1.29 is 9.53 Å². The summed E-state index contributed by atoms with van der Waals surface area (Å²) in [4.78, 5) is 32.9. The van der Waals surface area contributed by atoms with Gasteiger partial charge in [-0.15, -0.1) is 6.58 Å². The first-order valence-corrected chi connectivity index (χ1v) is 14.1. The number of thiazole rings is 1. The van der Waals surface area contributed by atoms with Crippen molar-refractivity contribution in [1.82, 2.24) is 9.13 Å². The number of fused-ring (bicyclic) bond motifs is 3. The highest BCUT2D eigenvalue weighted by molar-refractivity contribution is 7.07. The number of hydrogen-bond acceptors (Lipinski definition) is 5. The molecule has 1 atom stereocenters. The molecule has 0 radical (unpaired) electrons. The molecule has 3 heterocycles. The van der Waals surface area contributed by atoms with E-state index in [4.69, 9.17) is 9.73 Å². The van der Waals surface area contributed by atoms with Crippen LogP contribution in [0.4, 0.5) is 0 Å². The number of carbonyl (C=O) groups excluding carboxylic acids is 1. The lowest BCUT2D eigenvalue weighted by Gasteiger charge is -2.25. The molecule has 0 fully saturated rings. The molecule has 5 aromatic rings. The van der Waals surface area contributed by atoms with E-state index in [0.717, 1.165) is 38.5 Å². The lowest BCUT2D eigenvalue weighted by Crippen LogP contribution is -2.40. The van der Waals surface area contributed by atoms with E-state index in [2.05, 4.69) is 30.2 Å². The molecule has 1 aliphatic heterocycles. The van der Waals surface area contributed by atoms with Gasteiger partial charge in [0.05, 0.1) is 28.5 Å². The van der Waals surface area contributed by atoms with E-state index in [1.807, 2.05) is 73.7 Å². The van der Waals surface area contributed by atoms with E-state index in [0.29, 0.717) is 27.1 Å². The molecule has 0 aliphatic carbocycles. The number of hydrogen-bond donors (Lipinski definition) is 0. The number of ether oxygens (including phenoxy) is 1. The Morgan fingerprint density at radius 1 is 1.05 bits per heavy atom. The molecular weight excluding hydrogens is 518 g/mol. The predicted molar refractivity (Wildman–Crippen MR) is 161 cm³/mol. The summed E-state index contributed by atoms with van der Waals surface area (Å²) in [6, 6.07) is 21.5. The number of carbonyl (C=O) groups is 1. The lowest BCUT2D eigenvalue weighted by atomic mass is 9.91. The van der Waals surface area contributed by atoms with Crippen LogP contribution in [0.15, 0.2) is 100 Å². The molecule has 0 bridgehead atoms. The van der Waals surface area contributed by atoms with Crippen molar-refractivity contribution in [3.63, 3.8) is 0 Å². The molecule has 3 aromatic carbocycles. The molecule has 0 N–H and O–H groups in total. The third-order valence-electron chi connectivity index (χ3n) is 7.50. The minimum absolute atomic E-state index is 0.184. The maximum atomic E-state index is 14.2. The van der Waals surface area contributed by atoms with Gasteiger partial charge in [-0.1, -0.05) is 78.1 Å². The van der Waals surface area contributed by atoms with Gasteiger partial charge in [0.1, 0.15) is 0 Å². The quantitative estimate of drug-likeness (QED) is 0.211. The standard InChI is InChI=1S/C33H29N3O3S/c1-5-18-35-21(4)26(24-15-9-10-17-27(24)35)19-28-31(37)36-30(25-16-11-13-22-12-7-8-14-23(22)25)29(32(38)39-6-2)20(3)34-33(36)40-28/h5,7-17,19,30H,1,6,18H2,2-4H3/b28-19+/t30-/m1/s1. The topological polar surface area (TPSA) is 65.6 Å². The molecule has 1 aliphatic rings. The third-order valence-corrected chi connectivity index (χ3v) is 8.48. The number of nitrogens with zero attached hydrogens (tertiary/aromatic N) is 3. The fourth-order valence-corrected chi connectivity index (χ4v) is 6.74. The maximum Gasteiger partial charge on any atom is 0.338 e. The van der Waals surface area contributed by atoms with Crippen LogP contribution in [-0.2, 0) is 16.1 Å². The lowest BCUT2D eigenvalue weighted by molar-refractivity contribution is -0.139. The maximum absolute atomic E-state index is 14.2. The SMILES string of the molecule is C=CCn1c(C)c(/C=c2/sc3n(c2=O)[C@H](c2cccc4ccccc24)C(C(=O)OCC)=C(C)N=3)c2ccccc21. The van der Waals surface area contributed by atoms with Gasteiger partial charge >= 0.3 is 5.97 Å².